The molecule has 0 bridgehead atoms. The number of nitrogens with zero attached hydrogens (tertiary/aromatic N) is 2. The van der Waals surface area contributed by atoms with Crippen LogP contribution in [0.15, 0.2) is 12.1 Å². The Labute approximate surface area is 170 Å². The molecule has 154 valence electrons. The average molecular weight is 385 g/mol. The van der Waals surface area contributed by atoms with Gasteiger partial charge >= 0.3 is 0 Å². The smallest absolute Gasteiger partial charge is 0.125 e. The first kappa shape index (κ1) is 21.2. The van der Waals surface area contributed by atoms with Crippen LogP contribution in [0, 0.1) is 18.8 Å². The Morgan fingerprint density at radius 1 is 1.14 bits per heavy atom. The summed E-state index contributed by atoms with van der Waals surface area (Å²) in [5, 5.41) is 21.0. The number of likely N-dealkylation sites (tertiary alicyclic amines) is 1. The SMILES string of the molecule is CCN(CC)C1CCN(Cc2cc(C#CC3(O)CCCC3)cc(C)c2O)CC1. The van der Waals surface area contributed by atoms with Gasteiger partial charge in [-0.3, -0.25) is 4.90 Å². The highest BCUT2D eigenvalue weighted by atomic mass is 16.3. The van der Waals surface area contributed by atoms with Gasteiger partial charge in [0, 0.05) is 23.7 Å². The minimum absolute atomic E-state index is 0.385. The molecule has 2 N–H and O–H groups in total. The van der Waals surface area contributed by atoms with Crippen molar-refractivity contribution in [2.45, 2.75) is 77.5 Å². The largest absolute Gasteiger partial charge is 0.507 e. The van der Waals surface area contributed by atoms with Crippen LogP contribution in [0.2, 0.25) is 0 Å². The van der Waals surface area contributed by atoms with Crippen LogP contribution in [-0.4, -0.2) is 57.8 Å². The number of aryl methyl sites for hydroxylation is 1. The van der Waals surface area contributed by atoms with E-state index in [4.69, 9.17) is 0 Å². The van der Waals surface area contributed by atoms with E-state index in [-0.39, 0.29) is 0 Å². The molecule has 1 heterocycles. The Balaban J connectivity index is 1.67. The molecule has 0 aromatic heterocycles. The lowest BCUT2D eigenvalue weighted by Gasteiger charge is -2.37. The van der Waals surface area contributed by atoms with Gasteiger partial charge in [-0.25, -0.2) is 0 Å². The molecule has 28 heavy (non-hydrogen) atoms. The number of aromatic hydroxyl groups is 1. The molecule has 0 amide bonds. The predicted molar refractivity (Wildman–Crippen MR) is 114 cm³/mol. The molecule has 0 atom stereocenters. The normalized spacial score (nSPS) is 20.3. The Morgan fingerprint density at radius 2 is 1.79 bits per heavy atom. The summed E-state index contributed by atoms with van der Waals surface area (Å²) in [5.41, 5.74) is 1.88. The molecule has 2 fully saturated rings. The standard InChI is InChI=1S/C24H36N2O2/c1-4-26(5-2)22-9-14-25(15-10-22)18-21-17-20(16-19(3)23(21)27)8-13-24(28)11-6-7-12-24/h16-17,22,27-28H,4-7,9-12,14-15,18H2,1-3H3. The first-order chi connectivity index (χ1) is 13.4. The molecule has 0 radical (unpaired) electrons. The molecule has 1 aliphatic carbocycles. The van der Waals surface area contributed by atoms with E-state index in [0.29, 0.717) is 11.8 Å². The number of aliphatic hydroxyl groups is 1. The second kappa shape index (κ2) is 9.31. The minimum Gasteiger partial charge on any atom is -0.507 e. The third-order valence-corrected chi connectivity index (χ3v) is 6.53. The number of benzene rings is 1. The molecule has 1 aromatic carbocycles. The Bertz CT molecular complexity index is 716. The Kier molecular flexibility index (Phi) is 7.04. The first-order valence-electron chi connectivity index (χ1n) is 11.0. The highest BCUT2D eigenvalue weighted by molar-refractivity contribution is 5.49. The minimum atomic E-state index is -0.821. The Morgan fingerprint density at radius 3 is 2.39 bits per heavy atom. The van der Waals surface area contributed by atoms with Gasteiger partial charge in [0.1, 0.15) is 11.4 Å². The lowest BCUT2D eigenvalue weighted by molar-refractivity contribution is 0.110. The van der Waals surface area contributed by atoms with E-state index >= 15 is 0 Å². The number of hydrogen-bond donors (Lipinski definition) is 2. The van der Waals surface area contributed by atoms with Crippen LogP contribution in [0.4, 0.5) is 0 Å². The van der Waals surface area contributed by atoms with Gasteiger partial charge < -0.3 is 15.1 Å². The summed E-state index contributed by atoms with van der Waals surface area (Å²) in [6.45, 7) is 11.5. The van der Waals surface area contributed by atoms with E-state index in [1.165, 1.54) is 12.8 Å². The Hall–Kier alpha value is -1.54. The molecule has 1 saturated carbocycles. The van der Waals surface area contributed by atoms with Gasteiger partial charge in [0.15, 0.2) is 0 Å². The molecule has 0 unspecified atom stereocenters. The number of phenols is 1. The number of hydrogen-bond acceptors (Lipinski definition) is 4. The van der Waals surface area contributed by atoms with Crippen LogP contribution in [0.3, 0.4) is 0 Å². The molecule has 2 aliphatic rings. The number of rotatable bonds is 5. The summed E-state index contributed by atoms with van der Waals surface area (Å²) >= 11 is 0. The molecule has 1 aromatic rings. The fourth-order valence-electron chi connectivity index (χ4n) is 4.74. The zero-order chi connectivity index (χ0) is 20.1. The van der Waals surface area contributed by atoms with Crippen molar-refractivity contribution in [1.29, 1.82) is 0 Å². The van der Waals surface area contributed by atoms with Crippen molar-refractivity contribution in [2.24, 2.45) is 0 Å². The lowest BCUT2D eigenvalue weighted by Crippen LogP contribution is -2.44. The van der Waals surface area contributed by atoms with Crippen LogP contribution >= 0.6 is 0 Å². The van der Waals surface area contributed by atoms with Crippen molar-refractivity contribution in [3.63, 3.8) is 0 Å². The van der Waals surface area contributed by atoms with Crippen molar-refractivity contribution in [3.8, 4) is 17.6 Å². The van der Waals surface area contributed by atoms with Crippen LogP contribution in [0.5, 0.6) is 5.75 Å². The maximum atomic E-state index is 10.6. The van der Waals surface area contributed by atoms with E-state index in [9.17, 15) is 10.2 Å². The zero-order valence-electron chi connectivity index (χ0n) is 17.8. The second-order valence-electron chi connectivity index (χ2n) is 8.52. The van der Waals surface area contributed by atoms with Gasteiger partial charge in [-0.05, 0) is 89.3 Å². The summed E-state index contributed by atoms with van der Waals surface area (Å²) in [4.78, 5) is 5.00. The highest BCUT2D eigenvalue weighted by Crippen LogP contribution is 2.30. The molecular formula is C24H36N2O2. The molecule has 0 spiro atoms. The van der Waals surface area contributed by atoms with Crippen molar-refractivity contribution < 1.29 is 10.2 Å². The van der Waals surface area contributed by atoms with E-state index in [1.807, 2.05) is 19.1 Å². The van der Waals surface area contributed by atoms with Gasteiger partial charge in [-0.15, -0.1) is 0 Å². The van der Waals surface area contributed by atoms with Gasteiger partial charge in [0.25, 0.3) is 0 Å². The number of phenolic OH excluding ortho intramolecular Hbond substituents is 1. The maximum absolute atomic E-state index is 10.6. The highest BCUT2D eigenvalue weighted by Gasteiger charge is 2.28. The monoisotopic (exact) mass is 384 g/mol. The predicted octanol–water partition coefficient (Wildman–Crippen LogP) is 3.66. The van der Waals surface area contributed by atoms with E-state index in [0.717, 1.165) is 75.1 Å². The third-order valence-electron chi connectivity index (χ3n) is 6.53. The molecule has 1 saturated heterocycles. The summed E-state index contributed by atoms with van der Waals surface area (Å²) < 4.78 is 0. The van der Waals surface area contributed by atoms with E-state index < -0.39 is 5.60 Å². The fourth-order valence-corrected chi connectivity index (χ4v) is 4.74. The van der Waals surface area contributed by atoms with Crippen molar-refractivity contribution in [3.05, 3.63) is 28.8 Å². The van der Waals surface area contributed by atoms with Crippen LogP contribution in [0.1, 0.15) is 69.1 Å². The van der Waals surface area contributed by atoms with Gasteiger partial charge in [0.05, 0.1) is 0 Å². The van der Waals surface area contributed by atoms with E-state index in [1.54, 1.807) is 0 Å². The fraction of sp³-hybridized carbons (Fsp3) is 0.667. The quantitative estimate of drug-likeness (QED) is 0.761. The first-order valence-corrected chi connectivity index (χ1v) is 11.0. The second-order valence-corrected chi connectivity index (χ2v) is 8.52. The molecule has 4 heteroatoms. The third kappa shape index (κ3) is 5.08. The summed E-state index contributed by atoms with van der Waals surface area (Å²) in [6.07, 6.45) is 6.02. The molecule has 4 nitrogen and oxygen atoms in total. The lowest BCUT2D eigenvalue weighted by atomic mass is 9.99. The molecule has 3 rings (SSSR count). The van der Waals surface area contributed by atoms with Crippen LogP contribution in [0.25, 0.3) is 0 Å². The van der Waals surface area contributed by atoms with Crippen molar-refractivity contribution >= 4 is 0 Å². The molecular weight excluding hydrogens is 348 g/mol. The van der Waals surface area contributed by atoms with Crippen LogP contribution in [-0.2, 0) is 6.54 Å². The topological polar surface area (TPSA) is 46.9 Å². The molecule has 1 aliphatic heterocycles. The van der Waals surface area contributed by atoms with Gasteiger partial charge in [-0.1, -0.05) is 25.7 Å². The number of piperidine rings is 1. The summed E-state index contributed by atoms with van der Waals surface area (Å²) in [5.74, 6) is 6.65. The average Bonchev–Trinajstić information content (AvgIpc) is 3.13. The van der Waals surface area contributed by atoms with E-state index in [2.05, 4.69) is 35.5 Å². The van der Waals surface area contributed by atoms with Gasteiger partial charge in [-0.2, -0.15) is 0 Å². The van der Waals surface area contributed by atoms with Gasteiger partial charge in [0.2, 0.25) is 0 Å². The van der Waals surface area contributed by atoms with Crippen molar-refractivity contribution in [1.82, 2.24) is 9.80 Å². The summed E-state index contributed by atoms with van der Waals surface area (Å²) in [6, 6.07) is 4.62. The zero-order valence-corrected chi connectivity index (χ0v) is 17.8. The van der Waals surface area contributed by atoms with Crippen molar-refractivity contribution in [2.75, 3.05) is 26.2 Å². The maximum Gasteiger partial charge on any atom is 0.125 e. The summed E-state index contributed by atoms with van der Waals surface area (Å²) in [7, 11) is 0. The van der Waals surface area contributed by atoms with Crippen LogP contribution < -0.4 is 0 Å².